The molecule has 0 aromatic heterocycles. The molecule has 3 rings (SSSR count). The number of ether oxygens (including phenoxy) is 3. The number of rotatable bonds is 7. The first-order chi connectivity index (χ1) is 14.9. The van der Waals surface area contributed by atoms with Crippen LogP contribution in [0.4, 0.5) is 4.79 Å². The minimum atomic E-state index is -0.927. The number of carbonyl (C=O) groups is 2. The highest BCUT2D eigenvalue weighted by Crippen LogP contribution is 2.47. The Balaban J connectivity index is 2.29. The van der Waals surface area contributed by atoms with E-state index in [1.807, 2.05) is 6.07 Å². The molecule has 0 aliphatic carbocycles. The van der Waals surface area contributed by atoms with Crippen LogP contribution in [0.3, 0.4) is 0 Å². The number of hydrogen-bond donors (Lipinski definition) is 2. The van der Waals surface area contributed by atoms with Gasteiger partial charge in [0, 0.05) is 5.56 Å². The quantitative estimate of drug-likeness (QED) is 0.578. The van der Waals surface area contributed by atoms with Gasteiger partial charge in [0.05, 0.1) is 42.7 Å². The molecule has 0 saturated carbocycles. The van der Waals surface area contributed by atoms with Crippen molar-refractivity contribution in [1.82, 2.24) is 10.6 Å². The average Bonchev–Trinajstić information content (AvgIpc) is 2.78. The first kappa shape index (κ1) is 22.8. The molecule has 0 bridgehead atoms. The fourth-order valence-corrected chi connectivity index (χ4v) is 3.98. The van der Waals surface area contributed by atoms with Gasteiger partial charge in [0.15, 0.2) is 5.75 Å². The van der Waals surface area contributed by atoms with Crippen LogP contribution in [-0.4, -0.2) is 32.3 Å². The first-order valence-electron chi connectivity index (χ1n) is 9.65. The Morgan fingerprint density at radius 1 is 1.06 bits per heavy atom. The second-order valence-electron chi connectivity index (χ2n) is 6.46. The minimum Gasteiger partial charge on any atom is -0.492 e. The highest BCUT2D eigenvalue weighted by molar-refractivity contribution is 6.38. The van der Waals surface area contributed by atoms with E-state index in [9.17, 15) is 9.59 Å². The summed E-state index contributed by atoms with van der Waals surface area (Å²) in [5.41, 5.74) is 1.56. The fraction of sp³-hybridized carbons (Fsp3) is 0.273. The zero-order valence-corrected chi connectivity index (χ0v) is 18.8. The first-order valence-corrected chi connectivity index (χ1v) is 10.4. The summed E-state index contributed by atoms with van der Waals surface area (Å²) in [6, 6.07) is 9.15. The van der Waals surface area contributed by atoms with Gasteiger partial charge in [0.2, 0.25) is 0 Å². The highest BCUT2D eigenvalue weighted by atomic mass is 35.5. The van der Waals surface area contributed by atoms with Crippen LogP contribution >= 0.6 is 23.2 Å². The maximum absolute atomic E-state index is 12.8. The number of amides is 2. The predicted molar refractivity (Wildman–Crippen MR) is 119 cm³/mol. The number of urea groups is 1. The Hall–Kier alpha value is -2.90. The van der Waals surface area contributed by atoms with Crippen molar-refractivity contribution >= 4 is 40.9 Å². The van der Waals surface area contributed by atoms with Crippen LogP contribution in [0.25, 0.3) is 5.70 Å². The Bertz CT molecular complexity index is 1020. The lowest BCUT2D eigenvalue weighted by molar-refractivity contribution is -0.136. The molecule has 0 saturated heterocycles. The number of methoxy groups -OCH3 is 1. The van der Waals surface area contributed by atoms with Gasteiger partial charge >= 0.3 is 12.0 Å². The number of halogens is 2. The lowest BCUT2D eigenvalue weighted by Gasteiger charge is -2.31. The van der Waals surface area contributed by atoms with Crippen LogP contribution in [0.1, 0.15) is 31.0 Å². The van der Waals surface area contributed by atoms with E-state index in [2.05, 4.69) is 10.6 Å². The summed E-state index contributed by atoms with van der Waals surface area (Å²) >= 11 is 13.0. The molecule has 2 aromatic carbocycles. The van der Waals surface area contributed by atoms with Crippen molar-refractivity contribution in [2.45, 2.75) is 19.9 Å². The molecule has 2 N–H and O–H groups in total. The summed E-state index contributed by atoms with van der Waals surface area (Å²) in [7, 11) is 1.27. The summed E-state index contributed by atoms with van der Waals surface area (Å²) in [5.74, 6) is -0.0943. The van der Waals surface area contributed by atoms with E-state index < -0.39 is 18.0 Å². The zero-order chi connectivity index (χ0) is 22.5. The van der Waals surface area contributed by atoms with Gasteiger partial charge in [-0.05, 0) is 25.5 Å². The van der Waals surface area contributed by atoms with Crippen molar-refractivity contribution in [3.8, 4) is 11.5 Å². The molecule has 31 heavy (non-hydrogen) atoms. The third kappa shape index (κ3) is 4.57. The number of hydrogen-bond acceptors (Lipinski definition) is 5. The van der Waals surface area contributed by atoms with Crippen LogP contribution in [-0.2, 0) is 9.53 Å². The van der Waals surface area contributed by atoms with Gasteiger partial charge in [-0.2, -0.15) is 0 Å². The third-order valence-electron chi connectivity index (χ3n) is 4.59. The number of carbonyl (C=O) groups excluding carboxylic acids is 2. The van der Waals surface area contributed by atoms with Crippen LogP contribution in [0.5, 0.6) is 11.5 Å². The van der Waals surface area contributed by atoms with Crippen molar-refractivity contribution in [3.05, 3.63) is 63.1 Å². The molecule has 0 radical (unpaired) electrons. The molecule has 1 atom stereocenters. The number of esters is 1. The average molecular weight is 465 g/mol. The summed E-state index contributed by atoms with van der Waals surface area (Å²) in [6.07, 6.45) is 0. The van der Waals surface area contributed by atoms with Crippen molar-refractivity contribution in [1.29, 1.82) is 0 Å². The van der Waals surface area contributed by atoms with Gasteiger partial charge in [0.25, 0.3) is 0 Å². The maximum atomic E-state index is 12.8. The molecule has 0 spiro atoms. The van der Waals surface area contributed by atoms with Gasteiger partial charge in [-0.1, -0.05) is 53.5 Å². The van der Waals surface area contributed by atoms with Crippen molar-refractivity contribution in [2.24, 2.45) is 0 Å². The van der Waals surface area contributed by atoms with E-state index in [-0.39, 0.29) is 27.1 Å². The lowest BCUT2D eigenvalue weighted by atomic mass is 9.92. The van der Waals surface area contributed by atoms with E-state index >= 15 is 0 Å². The largest absolute Gasteiger partial charge is 0.492 e. The predicted octanol–water partition coefficient (Wildman–Crippen LogP) is 4.73. The summed E-state index contributed by atoms with van der Waals surface area (Å²) < 4.78 is 16.4. The van der Waals surface area contributed by atoms with Gasteiger partial charge < -0.3 is 24.8 Å². The third-order valence-corrected chi connectivity index (χ3v) is 5.21. The monoisotopic (exact) mass is 464 g/mol. The Morgan fingerprint density at radius 2 is 1.71 bits per heavy atom. The normalized spacial score (nSPS) is 15.8. The molecule has 1 heterocycles. The van der Waals surface area contributed by atoms with E-state index in [1.165, 1.54) is 7.11 Å². The van der Waals surface area contributed by atoms with Crippen molar-refractivity contribution in [2.75, 3.05) is 20.3 Å². The number of benzene rings is 2. The summed E-state index contributed by atoms with van der Waals surface area (Å²) in [5, 5.41) is 5.85. The van der Waals surface area contributed by atoms with Crippen LogP contribution in [0, 0.1) is 0 Å². The molecule has 7 nitrogen and oxygen atoms in total. The van der Waals surface area contributed by atoms with E-state index in [0.717, 1.165) is 0 Å². The topological polar surface area (TPSA) is 85.9 Å². The van der Waals surface area contributed by atoms with Crippen LogP contribution in [0.15, 0.2) is 42.0 Å². The van der Waals surface area contributed by atoms with E-state index in [0.29, 0.717) is 30.0 Å². The zero-order valence-electron chi connectivity index (χ0n) is 17.3. The Labute approximate surface area is 190 Å². The number of nitrogens with one attached hydrogen (secondary N) is 2. The standard InChI is InChI=1S/C22H22Cl2N2O5/c1-4-30-19-13(11-14(23)20(16(19)24)31-5-2)18-15(21(27)29-3)17(25-22(28)26-18)12-9-7-6-8-10-12/h6-11,18H,4-5H2,1-3H3,(H2,25,26,28). The molecule has 1 unspecified atom stereocenters. The molecular weight excluding hydrogens is 443 g/mol. The highest BCUT2D eigenvalue weighted by Gasteiger charge is 2.37. The van der Waals surface area contributed by atoms with Crippen LogP contribution in [0.2, 0.25) is 10.0 Å². The lowest BCUT2D eigenvalue weighted by Crippen LogP contribution is -2.45. The van der Waals surface area contributed by atoms with Gasteiger partial charge in [-0.3, -0.25) is 0 Å². The fourth-order valence-electron chi connectivity index (χ4n) is 3.34. The molecule has 0 fully saturated rings. The van der Waals surface area contributed by atoms with E-state index in [4.69, 9.17) is 37.4 Å². The molecule has 2 aromatic rings. The Morgan fingerprint density at radius 3 is 2.32 bits per heavy atom. The molecular formula is C22H22Cl2N2O5. The van der Waals surface area contributed by atoms with Gasteiger partial charge in [0.1, 0.15) is 10.8 Å². The van der Waals surface area contributed by atoms with Gasteiger partial charge in [-0.25, -0.2) is 9.59 Å². The maximum Gasteiger partial charge on any atom is 0.338 e. The van der Waals surface area contributed by atoms with Gasteiger partial charge in [-0.15, -0.1) is 0 Å². The second-order valence-corrected chi connectivity index (χ2v) is 7.25. The molecule has 1 aliphatic heterocycles. The van der Waals surface area contributed by atoms with E-state index in [1.54, 1.807) is 44.2 Å². The second kappa shape index (κ2) is 9.94. The van der Waals surface area contributed by atoms with Crippen molar-refractivity contribution in [3.63, 3.8) is 0 Å². The SMILES string of the molecule is CCOc1c(Cl)cc(C2NC(=O)NC(c3ccccc3)=C2C(=O)OC)c(OCC)c1Cl. The molecule has 1 aliphatic rings. The molecule has 164 valence electrons. The van der Waals surface area contributed by atoms with Crippen molar-refractivity contribution < 1.29 is 23.8 Å². The summed E-state index contributed by atoms with van der Waals surface area (Å²) in [4.78, 5) is 25.4. The molecule has 9 heteroatoms. The molecule has 2 amide bonds. The smallest absolute Gasteiger partial charge is 0.338 e. The Kier molecular flexibility index (Phi) is 7.30. The van der Waals surface area contributed by atoms with Crippen LogP contribution < -0.4 is 20.1 Å². The minimum absolute atomic E-state index is 0.157. The summed E-state index contributed by atoms with van der Waals surface area (Å²) in [6.45, 7) is 4.24.